The molecule has 1 aromatic heterocycles. The van der Waals surface area contributed by atoms with Crippen molar-refractivity contribution in [3.8, 4) is 44.5 Å². The molecule has 1 saturated carbocycles. The minimum absolute atomic E-state index is 0.112. The van der Waals surface area contributed by atoms with E-state index in [2.05, 4.69) is 235 Å². The summed E-state index contributed by atoms with van der Waals surface area (Å²) in [6, 6.07) is 79.7. The van der Waals surface area contributed by atoms with Gasteiger partial charge in [-0.05, 0) is 91.0 Å². The highest BCUT2D eigenvalue weighted by atomic mass is 15.3. The zero-order valence-electron chi connectivity index (χ0n) is 33.9. The fourth-order valence-electron chi connectivity index (χ4n) is 10.5. The largest absolute Gasteiger partial charge is 0.349 e. The topological polar surface area (TPSA) is 29.3 Å². The monoisotopic (exact) mass is 781 g/mol. The van der Waals surface area contributed by atoms with Crippen LogP contribution in [0.5, 0.6) is 0 Å². The van der Waals surface area contributed by atoms with Gasteiger partial charge in [0.15, 0.2) is 0 Å². The number of hydrogen-bond donors (Lipinski definition) is 1. The van der Waals surface area contributed by atoms with Gasteiger partial charge >= 0.3 is 0 Å². The van der Waals surface area contributed by atoms with Gasteiger partial charge in [-0.2, -0.15) is 0 Å². The van der Waals surface area contributed by atoms with E-state index in [1.165, 1.54) is 82.6 Å². The number of benzene rings is 9. The SMILES string of the molecule is CC1C2C(n3c4cc(-c5ccccc5)ccc4c4c5ccccc5c(-c5ccccc5)cc43)NC(c3cccc(-c4ccccc4)c3)=NC12c1cccc(-c2ccccc2)c1. The van der Waals surface area contributed by atoms with Crippen molar-refractivity contribution in [2.24, 2.45) is 16.8 Å². The molecule has 4 atom stereocenters. The number of aromatic nitrogens is 1. The summed E-state index contributed by atoms with van der Waals surface area (Å²) in [7, 11) is 0. The summed E-state index contributed by atoms with van der Waals surface area (Å²) in [5.74, 6) is 1.35. The van der Waals surface area contributed by atoms with E-state index < -0.39 is 5.54 Å². The molecule has 0 bridgehead atoms. The Morgan fingerprint density at radius 1 is 0.426 bits per heavy atom. The number of nitrogens with zero attached hydrogens (tertiary/aromatic N) is 2. The maximum absolute atomic E-state index is 5.87. The van der Waals surface area contributed by atoms with Gasteiger partial charge in [0.05, 0.1) is 16.6 Å². The number of hydrogen-bond acceptors (Lipinski definition) is 2. The van der Waals surface area contributed by atoms with Crippen molar-refractivity contribution in [2.45, 2.75) is 18.6 Å². The third kappa shape index (κ3) is 5.68. The van der Waals surface area contributed by atoms with Crippen LogP contribution < -0.4 is 5.32 Å². The molecule has 0 spiro atoms. The molecule has 3 heteroatoms. The van der Waals surface area contributed by atoms with Gasteiger partial charge in [-0.25, -0.2) is 0 Å². The number of fused-ring (bicyclic) bond motifs is 6. The summed E-state index contributed by atoms with van der Waals surface area (Å²) < 4.78 is 2.65. The van der Waals surface area contributed by atoms with E-state index in [1.54, 1.807) is 0 Å². The van der Waals surface area contributed by atoms with E-state index in [0.717, 1.165) is 11.4 Å². The van der Waals surface area contributed by atoms with Crippen LogP contribution in [0.2, 0.25) is 0 Å². The lowest BCUT2D eigenvalue weighted by molar-refractivity contribution is 0.377. The molecular formula is C58H43N3. The Morgan fingerprint density at radius 2 is 0.951 bits per heavy atom. The van der Waals surface area contributed by atoms with E-state index in [-0.39, 0.29) is 18.0 Å². The quantitative estimate of drug-likeness (QED) is 0.171. The molecule has 12 rings (SSSR count). The van der Waals surface area contributed by atoms with Crippen LogP contribution in [0.3, 0.4) is 0 Å². The van der Waals surface area contributed by atoms with Gasteiger partial charge in [-0.15, -0.1) is 0 Å². The Balaban J connectivity index is 1.14. The van der Waals surface area contributed by atoms with Crippen LogP contribution in [0.25, 0.3) is 77.1 Å². The van der Waals surface area contributed by atoms with Crippen LogP contribution in [0.4, 0.5) is 0 Å². The molecule has 10 aromatic rings. The van der Waals surface area contributed by atoms with Crippen LogP contribution in [-0.2, 0) is 5.54 Å². The van der Waals surface area contributed by atoms with Gasteiger partial charge in [0.2, 0.25) is 0 Å². The second-order valence-electron chi connectivity index (χ2n) is 16.8. The van der Waals surface area contributed by atoms with Crippen LogP contribution >= 0.6 is 0 Å². The molecule has 290 valence electrons. The Kier molecular flexibility index (Phi) is 8.18. The van der Waals surface area contributed by atoms with Crippen LogP contribution in [0.15, 0.2) is 223 Å². The first-order chi connectivity index (χ1) is 30.2. The molecule has 1 aliphatic heterocycles. The first-order valence-corrected chi connectivity index (χ1v) is 21.4. The van der Waals surface area contributed by atoms with Crippen molar-refractivity contribution in [3.05, 3.63) is 230 Å². The molecular weight excluding hydrogens is 739 g/mol. The zero-order valence-corrected chi connectivity index (χ0v) is 33.9. The summed E-state index contributed by atoms with van der Waals surface area (Å²) >= 11 is 0. The van der Waals surface area contributed by atoms with Crippen molar-refractivity contribution in [1.82, 2.24) is 9.88 Å². The van der Waals surface area contributed by atoms with Crippen molar-refractivity contribution in [2.75, 3.05) is 0 Å². The van der Waals surface area contributed by atoms with Gasteiger partial charge in [0.25, 0.3) is 0 Å². The molecule has 1 aliphatic carbocycles. The molecule has 61 heavy (non-hydrogen) atoms. The molecule has 2 heterocycles. The average Bonchev–Trinajstić information content (AvgIpc) is 3.82. The summed E-state index contributed by atoms with van der Waals surface area (Å²) in [5.41, 5.74) is 14.0. The van der Waals surface area contributed by atoms with Crippen LogP contribution in [0.1, 0.15) is 24.2 Å². The van der Waals surface area contributed by atoms with E-state index in [9.17, 15) is 0 Å². The normalized spacial score (nSPS) is 19.4. The Labute approximate surface area is 356 Å². The highest BCUT2D eigenvalue weighted by Crippen LogP contribution is 2.67. The lowest BCUT2D eigenvalue weighted by Gasteiger charge is -2.32. The third-order valence-electron chi connectivity index (χ3n) is 13.5. The summed E-state index contributed by atoms with van der Waals surface area (Å²) in [4.78, 5) is 5.87. The number of rotatable bonds is 7. The number of aliphatic imine (C=N–C) groups is 1. The van der Waals surface area contributed by atoms with Gasteiger partial charge in [-0.3, -0.25) is 4.99 Å². The molecule has 4 unspecified atom stereocenters. The average molecular weight is 782 g/mol. The van der Waals surface area contributed by atoms with Gasteiger partial charge in [0, 0.05) is 22.3 Å². The van der Waals surface area contributed by atoms with E-state index in [1.807, 2.05) is 0 Å². The van der Waals surface area contributed by atoms with Crippen molar-refractivity contribution >= 4 is 38.4 Å². The molecule has 3 nitrogen and oxygen atoms in total. The highest BCUT2D eigenvalue weighted by Gasteiger charge is 2.69. The second kappa shape index (κ2) is 14.1. The Hall–Kier alpha value is -7.49. The van der Waals surface area contributed by atoms with Crippen LogP contribution in [0, 0.1) is 11.8 Å². The molecule has 0 radical (unpaired) electrons. The second-order valence-corrected chi connectivity index (χ2v) is 16.8. The van der Waals surface area contributed by atoms with Gasteiger partial charge in [-0.1, -0.05) is 201 Å². The Morgan fingerprint density at radius 3 is 1.61 bits per heavy atom. The minimum Gasteiger partial charge on any atom is -0.349 e. The predicted octanol–water partition coefficient (Wildman–Crippen LogP) is 14.3. The van der Waals surface area contributed by atoms with Gasteiger partial charge < -0.3 is 9.88 Å². The standard InChI is InChI=1S/C58H43N3/c1-38-55-57(59-56(46-28-16-26-43(34-46)39-18-6-2-7-19-39)60-58(38,55)47-29-17-27-44(35-47)40-20-8-3-9-21-40)61-52-36-45(41-22-10-4-11-23-41)32-33-50(52)54-49-31-15-14-30-48(49)51(37-53(54)61)42-24-12-5-13-25-42/h2-38,55,57H,1H3,(H,59,60). The smallest absolute Gasteiger partial charge is 0.130 e. The van der Waals surface area contributed by atoms with E-state index in [0.29, 0.717) is 0 Å². The van der Waals surface area contributed by atoms with E-state index in [4.69, 9.17) is 4.99 Å². The Bertz CT molecular complexity index is 3300. The first-order valence-electron chi connectivity index (χ1n) is 21.4. The predicted molar refractivity (Wildman–Crippen MR) is 255 cm³/mol. The summed E-state index contributed by atoms with van der Waals surface area (Å²) in [5, 5.41) is 9.24. The van der Waals surface area contributed by atoms with E-state index >= 15 is 0 Å². The molecule has 0 saturated heterocycles. The zero-order chi connectivity index (χ0) is 40.5. The minimum atomic E-state index is -0.447. The number of amidine groups is 1. The van der Waals surface area contributed by atoms with Gasteiger partial charge in [0.1, 0.15) is 12.0 Å². The lowest BCUT2D eigenvalue weighted by Crippen LogP contribution is -2.40. The molecule has 9 aromatic carbocycles. The third-order valence-corrected chi connectivity index (χ3v) is 13.5. The summed E-state index contributed by atoms with van der Waals surface area (Å²) in [6.07, 6.45) is -0.112. The molecule has 0 amide bonds. The number of nitrogens with one attached hydrogen (secondary N) is 1. The fraction of sp³-hybridized carbons (Fsp3) is 0.0862. The molecule has 1 fully saturated rings. The maximum atomic E-state index is 5.87. The fourth-order valence-corrected chi connectivity index (χ4v) is 10.5. The van der Waals surface area contributed by atoms with Crippen molar-refractivity contribution < 1.29 is 0 Å². The van der Waals surface area contributed by atoms with Crippen molar-refractivity contribution in [3.63, 3.8) is 0 Å². The van der Waals surface area contributed by atoms with Crippen molar-refractivity contribution in [1.29, 1.82) is 0 Å². The highest BCUT2D eigenvalue weighted by molar-refractivity contribution is 6.24. The summed E-state index contributed by atoms with van der Waals surface area (Å²) in [6.45, 7) is 2.41. The first kappa shape index (κ1) is 35.5. The lowest BCUT2D eigenvalue weighted by atomic mass is 9.94. The maximum Gasteiger partial charge on any atom is 0.130 e. The molecule has 1 N–H and O–H groups in total. The molecule has 2 aliphatic rings. The van der Waals surface area contributed by atoms with Crippen LogP contribution in [-0.4, -0.2) is 10.4 Å².